The van der Waals surface area contributed by atoms with Crippen LogP contribution in [0.15, 0.2) is 22.7 Å². The largest absolute Gasteiger partial charge is 0.337 e. The van der Waals surface area contributed by atoms with Crippen molar-refractivity contribution in [3.05, 3.63) is 28.5 Å². The van der Waals surface area contributed by atoms with Gasteiger partial charge in [-0.3, -0.25) is 0 Å². The number of benzene rings is 1. The van der Waals surface area contributed by atoms with Gasteiger partial charge < -0.3 is 15.5 Å². The third kappa shape index (κ3) is 5.57. The maximum absolute atomic E-state index is 13.5. The number of rotatable bonds is 6. The minimum Gasteiger partial charge on any atom is -0.337 e. The number of nitrogens with zero attached hydrogens (tertiary/aromatic N) is 1. The van der Waals surface area contributed by atoms with E-state index in [4.69, 9.17) is 0 Å². The molecule has 0 bridgehead atoms. The first-order valence-corrected chi connectivity index (χ1v) is 7.08. The average Bonchev–Trinajstić information content (AvgIpc) is 2.38. The summed E-state index contributed by atoms with van der Waals surface area (Å²) in [5.41, 5.74) is 0.170. The highest BCUT2D eigenvalue weighted by Gasteiger charge is 2.07. The molecule has 0 saturated carbocycles. The molecule has 1 aromatic rings. The number of hydrogen-bond acceptors (Lipinski definition) is 2. The molecule has 0 fully saturated rings. The Morgan fingerprint density at radius 2 is 2.05 bits per heavy atom. The smallest absolute Gasteiger partial charge is 0.319 e. The zero-order chi connectivity index (χ0) is 14.3. The van der Waals surface area contributed by atoms with Crippen LogP contribution in [0.25, 0.3) is 0 Å². The fourth-order valence-electron chi connectivity index (χ4n) is 1.62. The van der Waals surface area contributed by atoms with Crippen LogP contribution in [-0.4, -0.2) is 37.1 Å². The molecule has 0 aliphatic rings. The molecule has 2 N–H and O–H groups in total. The topological polar surface area (TPSA) is 44.4 Å². The molecule has 0 heterocycles. The van der Waals surface area contributed by atoms with Gasteiger partial charge in [0, 0.05) is 17.6 Å². The van der Waals surface area contributed by atoms with Gasteiger partial charge in [0.05, 0.1) is 5.69 Å². The van der Waals surface area contributed by atoms with E-state index in [1.807, 2.05) is 0 Å². The Bertz CT molecular complexity index is 424. The first kappa shape index (κ1) is 15.9. The van der Waals surface area contributed by atoms with Crippen LogP contribution in [0.5, 0.6) is 0 Å². The number of halogens is 2. The minimum atomic E-state index is -0.465. The van der Waals surface area contributed by atoms with Gasteiger partial charge in [-0.1, -0.05) is 29.8 Å². The molecule has 0 aliphatic carbocycles. The summed E-state index contributed by atoms with van der Waals surface area (Å²) in [6.45, 7) is 7.35. The number of nitrogens with one attached hydrogen (secondary N) is 2. The van der Waals surface area contributed by atoms with Crippen molar-refractivity contribution in [2.75, 3.05) is 31.5 Å². The molecule has 0 atom stereocenters. The predicted molar refractivity (Wildman–Crippen MR) is 78.9 cm³/mol. The van der Waals surface area contributed by atoms with E-state index in [0.717, 1.165) is 19.6 Å². The molecule has 0 radical (unpaired) electrons. The Balaban J connectivity index is 2.39. The van der Waals surface area contributed by atoms with Crippen molar-refractivity contribution in [2.24, 2.45) is 0 Å². The lowest BCUT2D eigenvalue weighted by molar-refractivity contribution is 0.247. The van der Waals surface area contributed by atoms with E-state index in [1.165, 1.54) is 12.1 Å². The van der Waals surface area contributed by atoms with Crippen LogP contribution in [0.3, 0.4) is 0 Å². The Morgan fingerprint density at radius 1 is 1.37 bits per heavy atom. The number of carbonyl (C=O) groups excluding carboxylic acids is 1. The standard InChI is InChI=1S/C13H19BrFN3O/c1-3-18(4-2)8-7-16-13(19)17-12-6-5-10(14)9-11(12)15/h5-6,9H,3-4,7-8H2,1-2H3,(H2,16,17,19). The number of anilines is 1. The van der Waals surface area contributed by atoms with Gasteiger partial charge in [-0.15, -0.1) is 0 Å². The Morgan fingerprint density at radius 3 is 2.63 bits per heavy atom. The van der Waals surface area contributed by atoms with Crippen LogP contribution in [0, 0.1) is 5.82 Å². The summed E-state index contributed by atoms with van der Waals surface area (Å²) in [6.07, 6.45) is 0. The maximum Gasteiger partial charge on any atom is 0.319 e. The molecule has 1 aromatic carbocycles. The first-order chi connectivity index (χ1) is 9.06. The first-order valence-electron chi connectivity index (χ1n) is 6.29. The van der Waals surface area contributed by atoms with Gasteiger partial charge in [0.15, 0.2) is 0 Å². The molecular formula is C13H19BrFN3O. The lowest BCUT2D eigenvalue weighted by Crippen LogP contribution is -2.37. The second kappa shape index (κ2) is 8.12. The highest BCUT2D eigenvalue weighted by Crippen LogP contribution is 2.18. The van der Waals surface area contributed by atoms with Crippen LogP contribution < -0.4 is 10.6 Å². The maximum atomic E-state index is 13.5. The van der Waals surface area contributed by atoms with E-state index < -0.39 is 11.8 Å². The second-order valence-corrected chi connectivity index (χ2v) is 4.95. The highest BCUT2D eigenvalue weighted by atomic mass is 79.9. The number of urea groups is 1. The van der Waals surface area contributed by atoms with E-state index in [9.17, 15) is 9.18 Å². The summed E-state index contributed by atoms with van der Waals surface area (Å²) in [7, 11) is 0. The summed E-state index contributed by atoms with van der Waals surface area (Å²) < 4.78 is 14.1. The fourth-order valence-corrected chi connectivity index (χ4v) is 1.96. The molecule has 0 aliphatic heterocycles. The highest BCUT2D eigenvalue weighted by molar-refractivity contribution is 9.10. The Hall–Kier alpha value is -1.14. The van der Waals surface area contributed by atoms with E-state index in [1.54, 1.807) is 6.07 Å². The third-order valence-electron chi connectivity index (χ3n) is 2.79. The van der Waals surface area contributed by atoms with Gasteiger partial charge in [0.25, 0.3) is 0 Å². The lowest BCUT2D eigenvalue weighted by atomic mass is 10.3. The molecule has 1 rings (SSSR count). The summed E-state index contributed by atoms with van der Waals surface area (Å²) >= 11 is 3.16. The summed E-state index contributed by atoms with van der Waals surface area (Å²) in [4.78, 5) is 13.8. The van der Waals surface area contributed by atoms with Crippen molar-refractivity contribution in [1.29, 1.82) is 0 Å². The van der Waals surface area contributed by atoms with Gasteiger partial charge >= 0.3 is 6.03 Å². The van der Waals surface area contributed by atoms with Crippen molar-refractivity contribution >= 4 is 27.6 Å². The molecule has 0 saturated heterocycles. The van der Waals surface area contributed by atoms with E-state index in [-0.39, 0.29) is 5.69 Å². The van der Waals surface area contributed by atoms with Gasteiger partial charge in [0.1, 0.15) is 5.82 Å². The second-order valence-electron chi connectivity index (χ2n) is 4.03. The van der Waals surface area contributed by atoms with E-state index in [2.05, 4.69) is 45.3 Å². The molecule has 6 heteroatoms. The van der Waals surface area contributed by atoms with Crippen LogP contribution in [0.2, 0.25) is 0 Å². The van der Waals surface area contributed by atoms with E-state index in [0.29, 0.717) is 11.0 Å². The van der Waals surface area contributed by atoms with Crippen LogP contribution in [0.4, 0.5) is 14.9 Å². The normalized spacial score (nSPS) is 10.6. The molecule has 4 nitrogen and oxygen atoms in total. The van der Waals surface area contributed by atoms with Crippen molar-refractivity contribution in [1.82, 2.24) is 10.2 Å². The summed E-state index contributed by atoms with van der Waals surface area (Å²) in [5.74, 6) is -0.465. The molecule has 0 aromatic heterocycles. The van der Waals surface area contributed by atoms with Crippen molar-refractivity contribution in [2.45, 2.75) is 13.8 Å². The fraction of sp³-hybridized carbons (Fsp3) is 0.462. The Labute approximate surface area is 121 Å². The van der Waals surface area contributed by atoms with Crippen molar-refractivity contribution < 1.29 is 9.18 Å². The monoisotopic (exact) mass is 331 g/mol. The number of hydrogen-bond donors (Lipinski definition) is 2. The van der Waals surface area contributed by atoms with Gasteiger partial charge in [0.2, 0.25) is 0 Å². The molecule has 0 spiro atoms. The van der Waals surface area contributed by atoms with Crippen molar-refractivity contribution in [3.63, 3.8) is 0 Å². The molecule has 106 valence electrons. The Kier molecular flexibility index (Phi) is 6.80. The molecular weight excluding hydrogens is 313 g/mol. The summed E-state index contributed by atoms with van der Waals surface area (Å²) in [5, 5.41) is 5.18. The van der Waals surface area contributed by atoms with Crippen molar-refractivity contribution in [3.8, 4) is 0 Å². The average molecular weight is 332 g/mol. The van der Waals surface area contributed by atoms with Gasteiger partial charge in [-0.25, -0.2) is 9.18 Å². The van der Waals surface area contributed by atoms with Gasteiger partial charge in [-0.2, -0.15) is 0 Å². The van der Waals surface area contributed by atoms with E-state index >= 15 is 0 Å². The predicted octanol–water partition coefficient (Wildman–Crippen LogP) is 3.05. The molecule has 0 unspecified atom stereocenters. The zero-order valence-corrected chi connectivity index (χ0v) is 12.8. The zero-order valence-electron chi connectivity index (χ0n) is 11.2. The number of amides is 2. The molecule has 2 amide bonds. The van der Waals surface area contributed by atoms with Crippen LogP contribution >= 0.6 is 15.9 Å². The molecule has 19 heavy (non-hydrogen) atoms. The third-order valence-corrected chi connectivity index (χ3v) is 3.28. The quantitative estimate of drug-likeness (QED) is 0.841. The van der Waals surface area contributed by atoms with Crippen LogP contribution in [0.1, 0.15) is 13.8 Å². The summed E-state index contributed by atoms with van der Waals surface area (Å²) in [6, 6.07) is 4.11. The minimum absolute atomic E-state index is 0.170. The lowest BCUT2D eigenvalue weighted by Gasteiger charge is -2.18. The number of likely N-dealkylation sites (N-methyl/N-ethyl adjacent to an activating group) is 1. The number of carbonyl (C=O) groups is 1. The van der Waals surface area contributed by atoms with Gasteiger partial charge in [-0.05, 0) is 31.3 Å². The SMILES string of the molecule is CCN(CC)CCNC(=O)Nc1ccc(Br)cc1F. The van der Waals surface area contributed by atoms with Crippen LogP contribution in [-0.2, 0) is 0 Å².